The quantitative estimate of drug-likeness (QED) is 0.856. The number of hydrogen-bond acceptors (Lipinski definition) is 4. The molecular formula is C11H12N2O3S. The highest BCUT2D eigenvalue weighted by atomic mass is 32.1. The number of carbonyl (C=O) groups excluding carboxylic acids is 1. The van der Waals surface area contributed by atoms with Crippen molar-refractivity contribution in [1.82, 2.24) is 0 Å². The van der Waals surface area contributed by atoms with Crippen LogP contribution >= 0.6 is 11.3 Å². The lowest BCUT2D eigenvalue weighted by Crippen LogP contribution is -2.29. The molecule has 2 atom stereocenters. The van der Waals surface area contributed by atoms with Crippen LogP contribution in [0.1, 0.15) is 19.4 Å². The molecule has 1 rings (SSSR count). The molecule has 5 nitrogen and oxygen atoms in total. The van der Waals surface area contributed by atoms with Gasteiger partial charge in [-0.25, -0.2) is 0 Å². The van der Waals surface area contributed by atoms with E-state index in [0.29, 0.717) is 10.6 Å². The summed E-state index contributed by atoms with van der Waals surface area (Å²) in [5.74, 6) is -2.82. The molecule has 2 unspecified atom stereocenters. The highest BCUT2D eigenvalue weighted by Gasteiger charge is 2.26. The molecule has 0 aliphatic carbocycles. The van der Waals surface area contributed by atoms with E-state index in [0.717, 1.165) is 0 Å². The molecule has 0 radical (unpaired) electrons. The van der Waals surface area contributed by atoms with Crippen molar-refractivity contribution in [2.75, 3.05) is 5.32 Å². The zero-order chi connectivity index (χ0) is 13.0. The van der Waals surface area contributed by atoms with Crippen LogP contribution in [0.3, 0.4) is 0 Å². The van der Waals surface area contributed by atoms with Crippen LogP contribution in [0.4, 0.5) is 5.00 Å². The Morgan fingerprint density at radius 1 is 1.47 bits per heavy atom. The van der Waals surface area contributed by atoms with Gasteiger partial charge in [0.2, 0.25) is 5.91 Å². The number of hydrogen-bond donors (Lipinski definition) is 2. The third-order valence-electron chi connectivity index (χ3n) is 2.58. The van der Waals surface area contributed by atoms with Crippen molar-refractivity contribution in [3.8, 4) is 6.07 Å². The highest BCUT2D eigenvalue weighted by Crippen LogP contribution is 2.23. The molecule has 0 aromatic carbocycles. The number of carboxylic acids is 1. The lowest BCUT2D eigenvalue weighted by atomic mass is 9.95. The van der Waals surface area contributed by atoms with Crippen molar-refractivity contribution in [3.63, 3.8) is 0 Å². The first-order chi connectivity index (χ1) is 7.97. The van der Waals surface area contributed by atoms with Gasteiger partial charge in [0.25, 0.3) is 0 Å². The fraction of sp³-hybridized carbons (Fsp3) is 0.364. The summed E-state index contributed by atoms with van der Waals surface area (Å²) in [4.78, 5) is 22.5. The van der Waals surface area contributed by atoms with Crippen LogP contribution in [-0.4, -0.2) is 17.0 Å². The number of anilines is 1. The van der Waals surface area contributed by atoms with E-state index in [2.05, 4.69) is 5.32 Å². The molecule has 0 aliphatic heterocycles. The summed E-state index contributed by atoms with van der Waals surface area (Å²) in [5.41, 5.74) is 0.388. The number of carboxylic acid groups (broad SMARTS) is 1. The second-order valence-corrected chi connectivity index (χ2v) is 4.60. The largest absolute Gasteiger partial charge is 0.481 e. The molecule has 17 heavy (non-hydrogen) atoms. The van der Waals surface area contributed by atoms with E-state index in [1.807, 2.05) is 6.07 Å². The van der Waals surface area contributed by atoms with Gasteiger partial charge in [-0.3, -0.25) is 9.59 Å². The molecule has 0 saturated heterocycles. The van der Waals surface area contributed by atoms with E-state index >= 15 is 0 Å². The van der Waals surface area contributed by atoms with E-state index in [9.17, 15) is 9.59 Å². The monoisotopic (exact) mass is 252 g/mol. The van der Waals surface area contributed by atoms with Gasteiger partial charge in [-0.2, -0.15) is 5.26 Å². The number of amides is 1. The molecule has 6 heteroatoms. The summed E-state index contributed by atoms with van der Waals surface area (Å²) in [6, 6.07) is 3.55. The lowest BCUT2D eigenvalue weighted by Gasteiger charge is -2.15. The summed E-state index contributed by atoms with van der Waals surface area (Å²) in [5, 5.41) is 22.3. The van der Waals surface area contributed by atoms with Gasteiger partial charge in [0, 0.05) is 5.92 Å². The predicted octanol–water partition coefficient (Wildman–Crippen LogP) is 1.92. The van der Waals surface area contributed by atoms with Crippen molar-refractivity contribution < 1.29 is 14.7 Å². The summed E-state index contributed by atoms with van der Waals surface area (Å²) < 4.78 is 0. The SMILES string of the molecule is CC(C(=O)O)C(C)C(=O)Nc1sccc1C#N. The summed E-state index contributed by atoms with van der Waals surface area (Å²) >= 11 is 1.24. The normalized spacial score (nSPS) is 13.5. The average molecular weight is 252 g/mol. The van der Waals surface area contributed by atoms with Crippen LogP contribution in [0.25, 0.3) is 0 Å². The standard InChI is InChI=1S/C11H12N2O3S/c1-6(7(2)11(15)16)9(14)13-10-8(5-12)3-4-17-10/h3-4,6-7H,1-2H3,(H,13,14)(H,15,16). The van der Waals surface area contributed by atoms with Gasteiger partial charge in [-0.15, -0.1) is 11.3 Å². The second-order valence-electron chi connectivity index (χ2n) is 3.68. The summed E-state index contributed by atoms with van der Waals surface area (Å²) in [6.45, 7) is 3.03. The Labute approximate surface area is 103 Å². The van der Waals surface area contributed by atoms with Crippen LogP contribution in [-0.2, 0) is 9.59 Å². The number of nitriles is 1. The van der Waals surface area contributed by atoms with Crippen LogP contribution in [0, 0.1) is 23.2 Å². The fourth-order valence-electron chi connectivity index (χ4n) is 1.16. The van der Waals surface area contributed by atoms with Gasteiger partial charge in [-0.1, -0.05) is 13.8 Å². The van der Waals surface area contributed by atoms with E-state index in [-0.39, 0.29) is 5.91 Å². The van der Waals surface area contributed by atoms with Crippen LogP contribution < -0.4 is 5.32 Å². The van der Waals surface area contributed by atoms with Gasteiger partial charge in [0.1, 0.15) is 11.1 Å². The van der Waals surface area contributed by atoms with Gasteiger partial charge in [0.05, 0.1) is 11.5 Å². The zero-order valence-corrected chi connectivity index (χ0v) is 10.2. The summed E-state index contributed by atoms with van der Waals surface area (Å²) in [6.07, 6.45) is 0. The minimum atomic E-state index is -1.01. The Balaban J connectivity index is 2.74. The van der Waals surface area contributed by atoms with Gasteiger partial charge < -0.3 is 10.4 Å². The average Bonchev–Trinajstić information content (AvgIpc) is 2.73. The molecule has 90 valence electrons. The first-order valence-corrected chi connectivity index (χ1v) is 5.86. The molecule has 2 N–H and O–H groups in total. The fourth-order valence-corrected chi connectivity index (χ4v) is 1.90. The van der Waals surface area contributed by atoms with Crippen molar-refractivity contribution in [2.45, 2.75) is 13.8 Å². The maximum atomic E-state index is 11.7. The molecule has 0 saturated carbocycles. The minimum Gasteiger partial charge on any atom is -0.481 e. The van der Waals surface area contributed by atoms with Crippen LogP contribution in [0.2, 0.25) is 0 Å². The number of nitrogens with zero attached hydrogens (tertiary/aromatic N) is 1. The van der Waals surface area contributed by atoms with Crippen molar-refractivity contribution in [2.24, 2.45) is 11.8 Å². The van der Waals surface area contributed by atoms with E-state index < -0.39 is 17.8 Å². The highest BCUT2D eigenvalue weighted by molar-refractivity contribution is 7.14. The van der Waals surface area contributed by atoms with Gasteiger partial charge in [0.15, 0.2) is 0 Å². The number of aliphatic carboxylic acids is 1. The molecule has 0 bridgehead atoms. The third kappa shape index (κ3) is 3.04. The van der Waals surface area contributed by atoms with Crippen LogP contribution in [0.5, 0.6) is 0 Å². The lowest BCUT2D eigenvalue weighted by molar-refractivity contribution is -0.145. The van der Waals surface area contributed by atoms with Gasteiger partial charge >= 0.3 is 5.97 Å². The Kier molecular flexibility index (Phi) is 4.24. The predicted molar refractivity (Wildman–Crippen MR) is 63.6 cm³/mol. The topological polar surface area (TPSA) is 90.2 Å². The van der Waals surface area contributed by atoms with Gasteiger partial charge in [-0.05, 0) is 11.4 Å². The van der Waals surface area contributed by atoms with Crippen molar-refractivity contribution in [1.29, 1.82) is 5.26 Å². The zero-order valence-electron chi connectivity index (χ0n) is 9.43. The third-order valence-corrected chi connectivity index (χ3v) is 3.41. The van der Waals surface area contributed by atoms with E-state index in [1.165, 1.54) is 18.3 Å². The first kappa shape index (κ1) is 13.2. The van der Waals surface area contributed by atoms with Crippen molar-refractivity contribution >= 4 is 28.2 Å². The molecule has 1 aromatic rings. The Morgan fingerprint density at radius 3 is 2.65 bits per heavy atom. The number of nitrogens with one attached hydrogen (secondary N) is 1. The number of carbonyl (C=O) groups is 2. The van der Waals surface area contributed by atoms with Crippen LogP contribution in [0.15, 0.2) is 11.4 Å². The Hall–Kier alpha value is -1.87. The Bertz CT molecular complexity index is 475. The second kappa shape index (κ2) is 5.46. The van der Waals surface area contributed by atoms with Crippen molar-refractivity contribution in [3.05, 3.63) is 17.0 Å². The van der Waals surface area contributed by atoms with E-state index in [4.69, 9.17) is 10.4 Å². The van der Waals surface area contributed by atoms with E-state index in [1.54, 1.807) is 18.4 Å². The summed E-state index contributed by atoms with van der Waals surface area (Å²) in [7, 11) is 0. The number of rotatable bonds is 4. The molecule has 1 heterocycles. The molecule has 0 fully saturated rings. The first-order valence-electron chi connectivity index (χ1n) is 4.98. The molecule has 1 amide bonds. The number of thiophene rings is 1. The minimum absolute atomic E-state index is 0.388. The molecule has 1 aromatic heterocycles. The molecular weight excluding hydrogens is 240 g/mol. The smallest absolute Gasteiger partial charge is 0.307 e. The maximum absolute atomic E-state index is 11.7. The Morgan fingerprint density at radius 2 is 2.12 bits per heavy atom. The molecule has 0 aliphatic rings. The maximum Gasteiger partial charge on any atom is 0.307 e. The molecule has 0 spiro atoms.